The zero-order valence-corrected chi connectivity index (χ0v) is 21.6. The van der Waals surface area contributed by atoms with Gasteiger partial charge in [-0.2, -0.15) is 0 Å². The molecule has 0 bridgehead atoms. The lowest BCUT2D eigenvalue weighted by molar-refractivity contribution is 1.26. The van der Waals surface area contributed by atoms with Crippen molar-refractivity contribution in [1.29, 1.82) is 0 Å². The Morgan fingerprint density at radius 3 is 1.67 bits per heavy atom. The van der Waals surface area contributed by atoms with E-state index >= 15 is 0 Å². The minimum atomic E-state index is -1.71. The highest BCUT2D eigenvalue weighted by Gasteiger charge is 2.23. The van der Waals surface area contributed by atoms with Crippen LogP contribution in [0.1, 0.15) is 0 Å². The molecule has 4 heterocycles. The minimum Gasteiger partial charge on any atom is -0.255 e. The molecule has 36 heavy (non-hydrogen) atoms. The maximum atomic E-state index is 5.19. The second-order valence-electron chi connectivity index (χ2n) is 10.0. The van der Waals surface area contributed by atoms with Gasteiger partial charge in [0.15, 0.2) is 0 Å². The van der Waals surface area contributed by atoms with E-state index in [4.69, 9.17) is 9.97 Å². The van der Waals surface area contributed by atoms with Gasteiger partial charge in [0.05, 0.1) is 41.9 Å². The summed E-state index contributed by atoms with van der Waals surface area (Å²) in [5.41, 5.74) is 7.54. The summed E-state index contributed by atoms with van der Waals surface area (Å²) in [5, 5.41) is 3.62. The van der Waals surface area contributed by atoms with E-state index in [1.807, 2.05) is 54.9 Å². The van der Waals surface area contributed by atoms with Crippen LogP contribution >= 0.6 is 0 Å². The van der Waals surface area contributed by atoms with Gasteiger partial charge in [-0.1, -0.05) is 74.2 Å². The van der Waals surface area contributed by atoms with Crippen molar-refractivity contribution >= 4 is 35.1 Å². The Balaban J connectivity index is 1.76. The average molecular weight is 483 g/mol. The highest BCUT2D eigenvalue weighted by Crippen LogP contribution is 2.35. The van der Waals surface area contributed by atoms with E-state index in [0.29, 0.717) is 0 Å². The van der Waals surface area contributed by atoms with Crippen molar-refractivity contribution in [1.82, 2.24) is 19.9 Å². The minimum absolute atomic E-state index is 0.842. The molecular weight excluding hydrogens is 456 g/mol. The number of rotatable bonds is 4. The van der Waals surface area contributed by atoms with Gasteiger partial charge >= 0.3 is 0 Å². The second kappa shape index (κ2) is 8.77. The first-order valence-corrected chi connectivity index (χ1v) is 15.7. The summed E-state index contributed by atoms with van der Waals surface area (Å²) in [6.45, 7) is 7.13. The Bertz CT molecular complexity index is 1690. The summed E-state index contributed by atoms with van der Waals surface area (Å²) in [6, 6.07) is 31.2. The molecule has 0 amide bonds. The molecule has 0 spiro atoms. The van der Waals surface area contributed by atoms with E-state index in [-0.39, 0.29) is 0 Å². The van der Waals surface area contributed by atoms with Gasteiger partial charge in [0.25, 0.3) is 0 Å². The van der Waals surface area contributed by atoms with Crippen LogP contribution in [0.4, 0.5) is 0 Å². The van der Waals surface area contributed by atoms with Gasteiger partial charge in [-0.3, -0.25) is 9.97 Å². The molecule has 4 nitrogen and oxygen atoms in total. The molecule has 0 saturated heterocycles. The predicted molar refractivity (Wildman–Crippen MR) is 152 cm³/mol. The fourth-order valence-corrected chi connectivity index (χ4v) is 6.32. The van der Waals surface area contributed by atoms with Gasteiger partial charge in [0.2, 0.25) is 0 Å². The van der Waals surface area contributed by atoms with E-state index in [1.165, 1.54) is 10.6 Å². The van der Waals surface area contributed by atoms with E-state index < -0.39 is 8.07 Å². The third-order valence-corrected chi connectivity index (χ3v) is 8.54. The number of nitrogens with zero attached hydrogens (tertiary/aromatic N) is 4. The first-order chi connectivity index (χ1) is 17.5. The monoisotopic (exact) mass is 482 g/mol. The average Bonchev–Trinajstić information content (AvgIpc) is 2.92. The smallest absolute Gasteiger partial charge is 0.0979 e. The molecule has 0 saturated carbocycles. The van der Waals surface area contributed by atoms with E-state index in [0.717, 1.165) is 50.3 Å². The largest absolute Gasteiger partial charge is 0.255 e. The third-order valence-electron chi connectivity index (χ3n) is 6.51. The fraction of sp³-hybridized carbons (Fsp3) is 0.0968. The Hall–Kier alpha value is -4.22. The lowest BCUT2D eigenvalue weighted by atomic mass is 9.98. The van der Waals surface area contributed by atoms with Crippen molar-refractivity contribution in [3.63, 3.8) is 0 Å². The zero-order valence-electron chi connectivity index (χ0n) is 20.6. The van der Waals surface area contributed by atoms with Crippen LogP contribution in [0.3, 0.4) is 0 Å². The number of aromatic nitrogens is 4. The Labute approximate surface area is 211 Å². The summed E-state index contributed by atoms with van der Waals surface area (Å²) in [7, 11) is -1.71. The normalized spacial score (nSPS) is 11.8. The van der Waals surface area contributed by atoms with Crippen LogP contribution in [0.15, 0.2) is 103 Å². The van der Waals surface area contributed by atoms with Crippen molar-refractivity contribution in [2.45, 2.75) is 19.6 Å². The SMILES string of the molecule is C[Si](C)(C)c1cc(-c2ccccn2)nc2c1ccc1c(-c3ccccc3)cc(-c3ccccn3)nc12. The maximum Gasteiger partial charge on any atom is 0.0979 e. The summed E-state index contributed by atoms with van der Waals surface area (Å²) >= 11 is 0. The number of hydrogen-bond acceptors (Lipinski definition) is 4. The molecule has 6 aromatic rings. The maximum absolute atomic E-state index is 5.19. The highest BCUT2D eigenvalue weighted by molar-refractivity contribution is 6.90. The van der Waals surface area contributed by atoms with Gasteiger partial charge in [-0.05, 0) is 52.7 Å². The van der Waals surface area contributed by atoms with Gasteiger partial charge in [0.1, 0.15) is 0 Å². The Morgan fingerprint density at radius 2 is 1.08 bits per heavy atom. The zero-order chi connectivity index (χ0) is 24.7. The first-order valence-electron chi connectivity index (χ1n) is 12.2. The molecule has 0 radical (unpaired) electrons. The molecule has 0 aliphatic heterocycles. The standard InChI is InChI=1S/C31H26N4Si/c1-36(2,3)29-20-28(26-14-8-10-18-33-26)35-31-23(29)16-15-22-24(21-11-5-4-6-12-21)19-27(34-30(22)31)25-13-7-9-17-32-25/h4-20H,1-3H3. The lowest BCUT2D eigenvalue weighted by Gasteiger charge is -2.21. The number of benzene rings is 2. The molecule has 0 atom stereocenters. The number of pyridine rings is 4. The lowest BCUT2D eigenvalue weighted by Crippen LogP contribution is -2.38. The molecule has 0 N–H and O–H groups in total. The van der Waals surface area contributed by atoms with E-state index in [1.54, 1.807) is 0 Å². The Morgan fingerprint density at radius 1 is 0.528 bits per heavy atom. The molecule has 5 heteroatoms. The van der Waals surface area contributed by atoms with Gasteiger partial charge in [0, 0.05) is 23.2 Å². The summed E-state index contributed by atoms with van der Waals surface area (Å²) in [4.78, 5) is 19.6. The fourth-order valence-electron chi connectivity index (χ4n) is 4.74. The van der Waals surface area contributed by atoms with Crippen LogP contribution in [-0.4, -0.2) is 28.0 Å². The molecule has 0 fully saturated rings. The summed E-state index contributed by atoms with van der Waals surface area (Å²) in [6.07, 6.45) is 3.64. The van der Waals surface area contributed by atoms with Crippen LogP contribution < -0.4 is 5.19 Å². The van der Waals surface area contributed by atoms with Crippen molar-refractivity contribution in [2.75, 3.05) is 0 Å². The molecule has 0 unspecified atom stereocenters. The number of fused-ring (bicyclic) bond motifs is 3. The molecule has 0 aliphatic rings. The first kappa shape index (κ1) is 22.3. The van der Waals surface area contributed by atoms with E-state index in [9.17, 15) is 0 Å². The van der Waals surface area contributed by atoms with Gasteiger partial charge < -0.3 is 0 Å². The predicted octanol–water partition coefficient (Wildman–Crippen LogP) is 7.12. The molecular formula is C31H26N4Si. The second-order valence-corrected chi connectivity index (χ2v) is 15.1. The van der Waals surface area contributed by atoms with Crippen LogP contribution in [0.5, 0.6) is 0 Å². The van der Waals surface area contributed by atoms with Crippen LogP contribution in [-0.2, 0) is 0 Å². The van der Waals surface area contributed by atoms with Crippen molar-refractivity contribution in [3.8, 4) is 33.9 Å². The number of hydrogen-bond donors (Lipinski definition) is 0. The topological polar surface area (TPSA) is 51.6 Å². The quantitative estimate of drug-likeness (QED) is 0.198. The third kappa shape index (κ3) is 3.97. The van der Waals surface area contributed by atoms with Gasteiger partial charge in [-0.25, -0.2) is 9.97 Å². The molecule has 174 valence electrons. The van der Waals surface area contributed by atoms with Crippen molar-refractivity contribution < 1.29 is 0 Å². The van der Waals surface area contributed by atoms with Gasteiger partial charge in [-0.15, -0.1) is 0 Å². The Kier molecular flexibility index (Phi) is 5.42. The highest BCUT2D eigenvalue weighted by atomic mass is 28.3. The summed E-state index contributed by atoms with van der Waals surface area (Å²) in [5.74, 6) is 0. The van der Waals surface area contributed by atoms with Crippen molar-refractivity contribution in [3.05, 3.63) is 103 Å². The molecule has 0 aliphatic carbocycles. The molecule has 2 aromatic carbocycles. The molecule has 6 rings (SSSR count). The van der Waals surface area contributed by atoms with Crippen LogP contribution in [0, 0.1) is 0 Å². The summed E-state index contributed by atoms with van der Waals surface area (Å²) < 4.78 is 0. The van der Waals surface area contributed by atoms with Crippen LogP contribution in [0.25, 0.3) is 55.7 Å². The molecule has 4 aromatic heterocycles. The van der Waals surface area contributed by atoms with Crippen molar-refractivity contribution in [2.24, 2.45) is 0 Å². The van der Waals surface area contributed by atoms with Crippen LogP contribution in [0.2, 0.25) is 19.6 Å². The van der Waals surface area contributed by atoms with E-state index in [2.05, 4.69) is 78.1 Å².